The molecule has 0 spiro atoms. The molecule has 5 heteroatoms. The van der Waals surface area contributed by atoms with E-state index in [-0.39, 0.29) is 5.91 Å². The van der Waals surface area contributed by atoms with E-state index in [0.717, 1.165) is 46.0 Å². The van der Waals surface area contributed by atoms with Crippen LogP contribution < -0.4 is 5.32 Å². The van der Waals surface area contributed by atoms with Crippen LogP contribution in [0.4, 0.5) is 5.82 Å². The number of nitrogens with one attached hydrogen (secondary N) is 1. The molecule has 4 nitrogen and oxygen atoms in total. The topological polar surface area (TPSA) is 46.9 Å². The number of carbonyl (C=O) groups excluding carboxylic acids is 1. The van der Waals surface area contributed by atoms with Crippen molar-refractivity contribution in [2.45, 2.75) is 33.2 Å². The highest BCUT2D eigenvalue weighted by Crippen LogP contribution is 2.27. The predicted molar refractivity (Wildman–Crippen MR) is 101 cm³/mol. The number of benzene rings is 1. The van der Waals surface area contributed by atoms with Crippen molar-refractivity contribution < 1.29 is 4.79 Å². The van der Waals surface area contributed by atoms with Crippen LogP contribution in [0.15, 0.2) is 47.1 Å². The minimum absolute atomic E-state index is 0.116. The van der Waals surface area contributed by atoms with Crippen LogP contribution in [0.25, 0.3) is 10.9 Å². The quantitative estimate of drug-likeness (QED) is 0.659. The van der Waals surface area contributed by atoms with Gasteiger partial charge in [0.05, 0.1) is 0 Å². The van der Waals surface area contributed by atoms with Crippen LogP contribution in [0.1, 0.15) is 35.8 Å². The second kappa shape index (κ2) is 7.18. The first-order valence-electron chi connectivity index (χ1n) is 8.12. The maximum atomic E-state index is 12.9. The number of para-hydroxylation sites is 1. The van der Waals surface area contributed by atoms with E-state index in [0.29, 0.717) is 5.82 Å². The van der Waals surface area contributed by atoms with Crippen molar-refractivity contribution in [3.05, 3.63) is 58.3 Å². The average Bonchev–Trinajstić information content (AvgIpc) is 2.88. The molecule has 3 aromatic rings. The molecule has 1 N–H and O–H groups in total. The van der Waals surface area contributed by atoms with Gasteiger partial charge in [0.25, 0.3) is 5.91 Å². The Kier molecular flexibility index (Phi) is 5.00. The molecule has 0 aliphatic carbocycles. The third-order valence-corrected chi connectivity index (χ3v) is 4.61. The first-order chi connectivity index (χ1) is 11.6. The van der Waals surface area contributed by atoms with Gasteiger partial charge in [0.2, 0.25) is 0 Å². The molecule has 0 fully saturated rings. The number of halogens is 1. The monoisotopic (exact) mass is 385 g/mol. The fraction of sp³-hybridized carbons (Fsp3) is 0.263. The van der Waals surface area contributed by atoms with E-state index in [1.165, 1.54) is 0 Å². The van der Waals surface area contributed by atoms with Crippen molar-refractivity contribution in [2.75, 3.05) is 5.32 Å². The van der Waals surface area contributed by atoms with Crippen LogP contribution in [0.2, 0.25) is 0 Å². The van der Waals surface area contributed by atoms with E-state index in [4.69, 9.17) is 0 Å². The summed E-state index contributed by atoms with van der Waals surface area (Å²) in [5.74, 6) is 0.435. The first-order valence-corrected chi connectivity index (χ1v) is 8.92. The summed E-state index contributed by atoms with van der Waals surface area (Å²) < 4.78 is 3.01. The summed E-state index contributed by atoms with van der Waals surface area (Å²) in [6.07, 6.45) is 3.80. The van der Waals surface area contributed by atoms with E-state index < -0.39 is 0 Å². The molecule has 0 radical (unpaired) electrons. The molecule has 0 aliphatic rings. The minimum atomic E-state index is -0.116. The molecule has 0 unspecified atom stereocenters. The van der Waals surface area contributed by atoms with Crippen LogP contribution in [0, 0.1) is 6.92 Å². The Morgan fingerprint density at radius 2 is 2.04 bits per heavy atom. The van der Waals surface area contributed by atoms with Crippen LogP contribution in [-0.2, 0) is 6.54 Å². The lowest BCUT2D eigenvalue weighted by atomic mass is 10.1. The molecule has 0 aliphatic heterocycles. The molecule has 2 aromatic heterocycles. The smallest absolute Gasteiger partial charge is 0.273 e. The number of hydrogen-bond acceptors (Lipinski definition) is 2. The van der Waals surface area contributed by atoms with Gasteiger partial charge in [-0.1, -0.05) is 31.5 Å². The number of aryl methyl sites for hydroxylation is 2. The van der Waals surface area contributed by atoms with E-state index in [9.17, 15) is 4.79 Å². The summed E-state index contributed by atoms with van der Waals surface area (Å²) in [5.41, 5.74) is 2.84. The first kappa shape index (κ1) is 16.7. The predicted octanol–water partition coefficient (Wildman–Crippen LogP) is 5.16. The van der Waals surface area contributed by atoms with E-state index in [2.05, 4.69) is 49.9 Å². The van der Waals surface area contributed by atoms with Gasteiger partial charge in [-0.15, -0.1) is 0 Å². The summed E-state index contributed by atoms with van der Waals surface area (Å²) in [6, 6.07) is 11.8. The Morgan fingerprint density at radius 3 is 2.75 bits per heavy atom. The van der Waals surface area contributed by atoms with Crippen LogP contribution in [0.5, 0.6) is 0 Å². The second-order valence-corrected chi connectivity index (χ2v) is 6.73. The molecule has 124 valence electrons. The Labute approximate surface area is 150 Å². The van der Waals surface area contributed by atoms with Gasteiger partial charge in [-0.25, -0.2) is 4.98 Å². The number of pyridine rings is 1. The molecule has 1 aromatic carbocycles. The van der Waals surface area contributed by atoms with Gasteiger partial charge >= 0.3 is 0 Å². The fourth-order valence-electron chi connectivity index (χ4n) is 2.94. The van der Waals surface area contributed by atoms with E-state index in [1.54, 1.807) is 12.3 Å². The highest BCUT2D eigenvalue weighted by Gasteiger charge is 2.20. The van der Waals surface area contributed by atoms with Crippen LogP contribution >= 0.6 is 15.9 Å². The molecule has 0 atom stereocenters. The number of anilines is 1. The standard InChI is InChI=1S/C19H20BrN3O/c1-3-4-11-23-16-8-6-5-7-15(16)13(2)18(23)19(24)22-17-10-9-14(20)12-21-17/h5-10,12H,3-4,11H2,1-2H3,(H,21,22,24). The van der Waals surface area contributed by atoms with Crippen LogP contribution in [-0.4, -0.2) is 15.5 Å². The maximum Gasteiger partial charge on any atom is 0.273 e. The van der Waals surface area contributed by atoms with Gasteiger partial charge in [0, 0.05) is 28.1 Å². The number of amides is 1. The summed E-state index contributed by atoms with van der Waals surface area (Å²) in [5, 5.41) is 4.04. The number of carbonyl (C=O) groups is 1. The number of fused-ring (bicyclic) bond motifs is 1. The molecule has 0 saturated heterocycles. The van der Waals surface area contributed by atoms with Crippen LogP contribution in [0.3, 0.4) is 0 Å². The van der Waals surface area contributed by atoms with Gasteiger partial charge in [0.1, 0.15) is 11.5 Å². The van der Waals surface area contributed by atoms with Gasteiger partial charge in [-0.2, -0.15) is 0 Å². The molecular formula is C19H20BrN3O. The number of rotatable bonds is 5. The van der Waals surface area contributed by atoms with Crippen molar-refractivity contribution in [2.24, 2.45) is 0 Å². The Bertz CT molecular complexity index is 868. The lowest BCUT2D eigenvalue weighted by Crippen LogP contribution is -2.19. The zero-order valence-electron chi connectivity index (χ0n) is 13.8. The second-order valence-electron chi connectivity index (χ2n) is 5.81. The molecule has 24 heavy (non-hydrogen) atoms. The Hall–Kier alpha value is -2.14. The maximum absolute atomic E-state index is 12.9. The summed E-state index contributed by atoms with van der Waals surface area (Å²) in [6.45, 7) is 5.00. The van der Waals surface area contributed by atoms with Crippen molar-refractivity contribution in [1.29, 1.82) is 0 Å². The Morgan fingerprint density at radius 1 is 1.25 bits per heavy atom. The van der Waals surface area contributed by atoms with Crippen molar-refractivity contribution in [3.63, 3.8) is 0 Å². The SMILES string of the molecule is CCCCn1c(C(=O)Nc2ccc(Br)cn2)c(C)c2ccccc21. The molecule has 3 rings (SSSR count). The highest BCUT2D eigenvalue weighted by atomic mass is 79.9. The number of unbranched alkanes of at least 4 members (excludes halogenated alkanes) is 1. The molecule has 2 heterocycles. The molecular weight excluding hydrogens is 366 g/mol. The Balaban J connectivity index is 2.01. The number of nitrogens with zero attached hydrogens (tertiary/aromatic N) is 2. The fourth-order valence-corrected chi connectivity index (χ4v) is 3.18. The van der Waals surface area contributed by atoms with Gasteiger partial charge in [-0.3, -0.25) is 4.79 Å². The van der Waals surface area contributed by atoms with E-state index >= 15 is 0 Å². The molecule has 0 saturated carbocycles. The normalized spacial score (nSPS) is 11.0. The van der Waals surface area contributed by atoms with Crippen molar-refractivity contribution in [1.82, 2.24) is 9.55 Å². The van der Waals surface area contributed by atoms with Gasteiger partial charge in [0.15, 0.2) is 0 Å². The minimum Gasteiger partial charge on any atom is -0.336 e. The highest BCUT2D eigenvalue weighted by molar-refractivity contribution is 9.10. The average molecular weight is 386 g/mol. The third kappa shape index (κ3) is 3.22. The number of hydrogen-bond donors (Lipinski definition) is 1. The van der Waals surface area contributed by atoms with Crippen molar-refractivity contribution >= 4 is 38.6 Å². The lowest BCUT2D eigenvalue weighted by molar-refractivity contribution is 0.101. The largest absolute Gasteiger partial charge is 0.336 e. The molecule has 1 amide bonds. The van der Waals surface area contributed by atoms with Gasteiger partial charge < -0.3 is 9.88 Å². The summed E-state index contributed by atoms with van der Waals surface area (Å²) in [4.78, 5) is 17.1. The number of aromatic nitrogens is 2. The van der Waals surface area contributed by atoms with Gasteiger partial charge in [-0.05, 0) is 53.0 Å². The zero-order chi connectivity index (χ0) is 17.1. The zero-order valence-corrected chi connectivity index (χ0v) is 15.4. The van der Waals surface area contributed by atoms with E-state index in [1.807, 2.05) is 25.1 Å². The summed E-state index contributed by atoms with van der Waals surface area (Å²) >= 11 is 3.35. The third-order valence-electron chi connectivity index (χ3n) is 4.14. The summed E-state index contributed by atoms with van der Waals surface area (Å²) in [7, 11) is 0. The lowest BCUT2D eigenvalue weighted by Gasteiger charge is -2.11. The van der Waals surface area contributed by atoms with Crippen molar-refractivity contribution in [3.8, 4) is 0 Å². The molecule has 0 bridgehead atoms.